The highest BCUT2D eigenvalue weighted by Crippen LogP contribution is 2.25. The molecule has 0 aliphatic carbocycles. The highest BCUT2D eigenvalue weighted by molar-refractivity contribution is 5.93. The summed E-state index contributed by atoms with van der Waals surface area (Å²) in [4.78, 5) is 39.0. The van der Waals surface area contributed by atoms with Gasteiger partial charge in [0.1, 0.15) is 23.3 Å². The van der Waals surface area contributed by atoms with Crippen molar-refractivity contribution in [2.45, 2.75) is 19.3 Å². The Morgan fingerprint density at radius 2 is 1.79 bits per heavy atom. The first kappa shape index (κ1) is 21.4. The zero-order valence-corrected chi connectivity index (χ0v) is 17.9. The molecule has 0 aliphatic rings. The van der Waals surface area contributed by atoms with Crippen molar-refractivity contribution in [3.63, 3.8) is 0 Å². The van der Waals surface area contributed by atoms with Gasteiger partial charge < -0.3 is 15.3 Å². The molecule has 0 saturated heterocycles. The molecule has 5 rings (SSSR count). The van der Waals surface area contributed by atoms with Gasteiger partial charge in [-0.05, 0) is 55.0 Å². The van der Waals surface area contributed by atoms with Crippen LogP contribution in [0.3, 0.4) is 0 Å². The number of rotatable bonds is 6. The van der Waals surface area contributed by atoms with Crippen LogP contribution in [0.2, 0.25) is 0 Å². The van der Waals surface area contributed by atoms with Gasteiger partial charge in [0.05, 0.1) is 27.5 Å². The van der Waals surface area contributed by atoms with Crippen molar-refractivity contribution in [2.75, 3.05) is 5.32 Å². The standard InChI is InChI=1S/C25H19F2N5O2/c26-14-8-10-18(27)17(12-14)24-30-20-11-9-15(13-21(20)31-24)28-23(33)7-3-6-22-29-19-5-2-1-4-16(19)25(34)32-22/h1-2,4-5,8-13H,3,6-7H2,(H,28,33)(H,30,31)(H,29,32,34). The third-order valence-electron chi connectivity index (χ3n) is 5.43. The van der Waals surface area contributed by atoms with E-state index in [4.69, 9.17) is 0 Å². The van der Waals surface area contributed by atoms with Crippen molar-refractivity contribution in [1.29, 1.82) is 0 Å². The Hall–Kier alpha value is -4.40. The molecule has 34 heavy (non-hydrogen) atoms. The van der Waals surface area contributed by atoms with Crippen molar-refractivity contribution in [2.24, 2.45) is 0 Å². The smallest absolute Gasteiger partial charge is 0.258 e. The zero-order valence-electron chi connectivity index (χ0n) is 17.9. The van der Waals surface area contributed by atoms with Crippen LogP contribution >= 0.6 is 0 Å². The zero-order chi connectivity index (χ0) is 23.7. The van der Waals surface area contributed by atoms with Crippen LogP contribution in [0.5, 0.6) is 0 Å². The minimum Gasteiger partial charge on any atom is -0.338 e. The second-order valence-electron chi connectivity index (χ2n) is 7.87. The molecule has 0 bridgehead atoms. The lowest BCUT2D eigenvalue weighted by atomic mass is 10.2. The van der Waals surface area contributed by atoms with Crippen LogP contribution in [0.15, 0.2) is 65.5 Å². The number of nitrogens with zero attached hydrogens (tertiary/aromatic N) is 2. The van der Waals surface area contributed by atoms with Crippen molar-refractivity contribution in [1.82, 2.24) is 19.9 Å². The lowest BCUT2D eigenvalue weighted by molar-refractivity contribution is -0.116. The van der Waals surface area contributed by atoms with Gasteiger partial charge in [-0.25, -0.2) is 18.7 Å². The number of aryl methyl sites for hydroxylation is 1. The minimum atomic E-state index is -0.587. The van der Waals surface area contributed by atoms with Crippen molar-refractivity contribution in [3.8, 4) is 11.4 Å². The number of H-pyrrole nitrogens is 2. The normalized spacial score (nSPS) is 11.2. The van der Waals surface area contributed by atoms with Crippen LogP contribution in [0.25, 0.3) is 33.3 Å². The van der Waals surface area contributed by atoms with Crippen LogP contribution in [0.4, 0.5) is 14.5 Å². The molecule has 0 fully saturated rings. The molecule has 3 N–H and O–H groups in total. The number of hydrogen-bond acceptors (Lipinski definition) is 4. The summed E-state index contributed by atoms with van der Waals surface area (Å²) in [6.07, 6.45) is 1.19. The Morgan fingerprint density at radius 1 is 0.941 bits per heavy atom. The summed E-state index contributed by atoms with van der Waals surface area (Å²) in [6, 6.07) is 15.3. The number of anilines is 1. The molecule has 0 saturated carbocycles. The van der Waals surface area contributed by atoms with E-state index in [0.29, 0.717) is 46.3 Å². The number of carbonyl (C=O) groups is 1. The molecular weight excluding hydrogens is 440 g/mol. The summed E-state index contributed by atoms with van der Waals surface area (Å²) in [6.45, 7) is 0. The van der Waals surface area contributed by atoms with E-state index in [1.165, 1.54) is 0 Å². The first-order valence-electron chi connectivity index (χ1n) is 10.7. The van der Waals surface area contributed by atoms with Gasteiger partial charge in [0.2, 0.25) is 5.91 Å². The van der Waals surface area contributed by atoms with E-state index in [-0.39, 0.29) is 29.3 Å². The summed E-state index contributed by atoms with van der Waals surface area (Å²) < 4.78 is 27.6. The molecule has 0 atom stereocenters. The second-order valence-corrected chi connectivity index (χ2v) is 7.87. The second kappa shape index (κ2) is 8.86. The van der Waals surface area contributed by atoms with E-state index < -0.39 is 11.6 Å². The van der Waals surface area contributed by atoms with Crippen molar-refractivity contribution < 1.29 is 13.6 Å². The first-order valence-corrected chi connectivity index (χ1v) is 10.7. The van der Waals surface area contributed by atoms with Gasteiger partial charge >= 0.3 is 0 Å². The molecule has 0 unspecified atom stereocenters. The number of benzene rings is 3. The Kier molecular flexibility index (Phi) is 5.59. The van der Waals surface area contributed by atoms with Crippen molar-refractivity contribution >= 4 is 33.5 Å². The van der Waals surface area contributed by atoms with Crippen LogP contribution in [-0.2, 0) is 11.2 Å². The summed E-state index contributed by atoms with van der Waals surface area (Å²) in [5, 5.41) is 3.35. The molecule has 1 amide bonds. The van der Waals surface area contributed by atoms with Crippen LogP contribution < -0.4 is 10.9 Å². The van der Waals surface area contributed by atoms with Gasteiger partial charge in [-0.3, -0.25) is 9.59 Å². The van der Waals surface area contributed by atoms with Gasteiger partial charge in [0, 0.05) is 18.5 Å². The Morgan fingerprint density at radius 3 is 2.68 bits per heavy atom. The number of aromatic amines is 2. The largest absolute Gasteiger partial charge is 0.338 e. The van der Waals surface area contributed by atoms with Gasteiger partial charge in [0.25, 0.3) is 5.56 Å². The molecule has 0 spiro atoms. The maximum Gasteiger partial charge on any atom is 0.258 e. The number of para-hydroxylation sites is 1. The number of fused-ring (bicyclic) bond motifs is 2. The number of aromatic nitrogens is 4. The third kappa shape index (κ3) is 4.40. The maximum atomic E-state index is 14.1. The minimum absolute atomic E-state index is 0.0297. The number of amides is 1. The Bertz CT molecular complexity index is 1590. The highest BCUT2D eigenvalue weighted by atomic mass is 19.1. The Labute approximate surface area is 191 Å². The summed E-state index contributed by atoms with van der Waals surface area (Å²) in [5.74, 6) is -0.609. The molecule has 2 heterocycles. The van der Waals surface area contributed by atoms with Crippen LogP contribution in [-0.4, -0.2) is 25.8 Å². The number of imidazole rings is 1. The van der Waals surface area contributed by atoms with Crippen LogP contribution in [0.1, 0.15) is 18.7 Å². The molecular formula is C25H19F2N5O2. The third-order valence-corrected chi connectivity index (χ3v) is 5.43. The van der Waals surface area contributed by atoms with Crippen molar-refractivity contribution in [3.05, 3.63) is 88.5 Å². The van der Waals surface area contributed by atoms with E-state index >= 15 is 0 Å². The first-order chi connectivity index (χ1) is 16.5. The molecule has 170 valence electrons. The van der Waals surface area contributed by atoms with E-state index in [1.54, 1.807) is 36.4 Å². The summed E-state index contributed by atoms with van der Waals surface area (Å²) in [7, 11) is 0. The maximum absolute atomic E-state index is 14.1. The summed E-state index contributed by atoms with van der Waals surface area (Å²) in [5.41, 5.74) is 2.13. The predicted octanol–water partition coefficient (Wildman–Crippen LogP) is 4.71. The average Bonchev–Trinajstić information content (AvgIpc) is 3.24. The Balaban J connectivity index is 1.24. The lowest BCUT2D eigenvalue weighted by Gasteiger charge is -2.06. The highest BCUT2D eigenvalue weighted by Gasteiger charge is 2.12. The topological polar surface area (TPSA) is 104 Å². The quantitative estimate of drug-likeness (QED) is 0.342. The number of carbonyl (C=O) groups excluding carboxylic acids is 1. The van der Waals surface area contributed by atoms with Gasteiger partial charge in [0.15, 0.2) is 0 Å². The molecule has 2 aromatic heterocycles. The molecule has 0 radical (unpaired) electrons. The summed E-state index contributed by atoms with van der Waals surface area (Å²) >= 11 is 0. The van der Waals surface area contributed by atoms with Gasteiger partial charge in [-0.2, -0.15) is 0 Å². The fraction of sp³-hybridized carbons (Fsp3) is 0.120. The fourth-order valence-electron chi connectivity index (χ4n) is 3.79. The number of hydrogen-bond donors (Lipinski definition) is 3. The van der Waals surface area contributed by atoms with E-state index in [9.17, 15) is 18.4 Å². The fourth-order valence-corrected chi connectivity index (χ4v) is 3.79. The lowest BCUT2D eigenvalue weighted by Crippen LogP contribution is -2.14. The van der Waals surface area contributed by atoms with E-state index in [2.05, 4.69) is 25.3 Å². The molecule has 0 aliphatic heterocycles. The van der Waals surface area contributed by atoms with Gasteiger partial charge in [-0.1, -0.05) is 12.1 Å². The number of nitrogens with one attached hydrogen (secondary N) is 3. The van der Waals surface area contributed by atoms with Gasteiger partial charge in [-0.15, -0.1) is 0 Å². The SMILES string of the molecule is O=C(CCCc1nc2ccccc2c(=O)[nH]1)Nc1ccc2nc(-c3cc(F)ccc3F)[nH]c2c1. The van der Waals surface area contributed by atoms with E-state index in [0.717, 1.165) is 18.2 Å². The van der Waals surface area contributed by atoms with E-state index in [1.807, 2.05) is 6.07 Å². The predicted molar refractivity (Wildman–Crippen MR) is 125 cm³/mol. The monoisotopic (exact) mass is 459 g/mol. The molecule has 3 aromatic carbocycles. The molecule has 9 heteroatoms. The average molecular weight is 459 g/mol. The molecule has 7 nitrogen and oxygen atoms in total. The number of halogens is 2. The molecule has 5 aromatic rings. The van der Waals surface area contributed by atoms with Crippen LogP contribution in [0, 0.1) is 11.6 Å².